The van der Waals surface area contributed by atoms with Crippen molar-refractivity contribution in [3.8, 4) is 0 Å². The van der Waals surface area contributed by atoms with Gasteiger partial charge in [-0.3, -0.25) is 24.1 Å². The number of rotatable bonds is 5. The number of hydrogen-bond acceptors (Lipinski definition) is 5. The SMILES string of the molecule is Cn1c(=O)c2c(ncn2CCCC(=O)Nn2cnc3ccccc32)n(C)c1=O. The van der Waals surface area contributed by atoms with Gasteiger partial charge in [0.05, 0.1) is 17.4 Å². The van der Waals surface area contributed by atoms with E-state index in [2.05, 4.69) is 15.4 Å². The monoisotopic (exact) mass is 381 g/mol. The average Bonchev–Trinajstić information content (AvgIpc) is 3.29. The van der Waals surface area contributed by atoms with Crippen molar-refractivity contribution in [1.82, 2.24) is 28.3 Å². The molecule has 0 aliphatic rings. The van der Waals surface area contributed by atoms with Crippen LogP contribution in [-0.4, -0.2) is 34.3 Å². The molecule has 0 saturated carbocycles. The summed E-state index contributed by atoms with van der Waals surface area (Å²) in [6.07, 6.45) is 3.86. The van der Waals surface area contributed by atoms with Gasteiger partial charge in [0.15, 0.2) is 11.2 Å². The normalized spacial score (nSPS) is 11.4. The first kappa shape index (κ1) is 17.7. The van der Waals surface area contributed by atoms with Crippen LogP contribution >= 0.6 is 0 Å². The van der Waals surface area contributed by atoms with Crippen LogP contribution in [0.25, 0.3) is 22.2 Å². The predicted octanol–water partition coefficient (Wildman–Crippen LogP) is 0.334. The molecule has 10 heteroatoms. The Balaban J connectivity index is 1.46. The first-order valence-electron chi connectivity index (χ1n) is 8.80. The van der Waals surface area contributed by atoms with Crippen LogP contribution in [0.5, 0.6) is 0 Å². The zero-order chi connectivity index (χ0) is 19.8. The summed E-state index contributed by atoms with van der Waals surface area (Å²) in [6.45, 7) is 0.433. The lowest BCUT2D eigenvalue weighted by molar-refractivity contribution is -0.117. The number of nitrogens with one attached hydrogen (secondary N) is 1. The van der Waals surface area contributed by atoms with Gasteiger partial charge in [-0.15, -0.1) is 0 Å². The van der Waals surface area contributed by atoms with Crippen LogP contribution in [-0.2, 0) is 25.4 Å². The first-order valence-corrected chi connectivity index (χ1v) is 8.80. The number of aryl methyl sites for hydroxylation is 2. The van der Waals surface area contributed by atoms with Crippen LogP contribution in [0.3, 0.4) is 0 Å². The Kier molecular flexibility index (Phi) is 4.30. The fourth-order valence-electron chi connectivity index (χ4n) is 3.21. The lowest BCUT2D eigenvalue weighted by Crippen LogP contribution is -2.37. The molecule has 0 saturated heterocycles. The molecule has 3 aromatic heterocycles. The van der Waals surface area contributed by atoms with E-state index < -0.39 is 11.2 Å². The summed E-state index contributed by atoms with van der Waals surface area (Å²) in [6, 6.07) is 7.51. The van der Waals surface area contributed by atoms with Crippen molar-refractivity contribution in [3.63, 3.8) is 0 Å². The third kappa shape index (κ3) is 2.88. The van der Waals surface area contributed by atoms with Crippen LogP contribution < -0.4 is 16.7 Å². The Morgan fingerprint density at radius 2 is 1.86 bits per heavy atom. The molecule has 144 valence electrons. The van der Waals surface area contributed by atoms with E-state index in [9.17, 15) is 14.4 Å². The number of carbonyl (C=O) groups excluding carboxylic acids is 1. The van der Waals surface area contributed by atoms with Gasteiger partial charge in [0.2, 0.25) is 5.91 Å². The Morgan fingerprint density at radius 1 is 1.07 bits per heavy atom. The summed E-state index contributed by atoms with van der Waals surface area (Å²) in [5.74, 6) is -0.159. The highest BCUT2D eigenvalue weighted by molar-refractivity contribution is 5.86. The van der Waals surface area contributed by atoms with Crippen LogP contribution in [0, 0.1) is 0 Å². The zero-order valence-corrected chi connectivity index (χ0v) is 15.5. The molecule has 1 aromatic carbocycles. The summed E-state index contributed by atoms with van der Waals surface area (Å²) in [4.78, 5) is 45.1. The number of benzene rings is 1. The van der Waals surface area contributed by atoms with Gasteiger partial charge in [0, 0.05) is 27.1 Å². The molecule has 0 spiro atoms. The van der Waals surface area contributed by atoms with E-state index in [4.69, 9.17) is 0 Å². The van der Waals surface area contributed by atoms with Crippen molar-refractivity contribution >= 4 is 28.1 Å². The summed E-state index contributed by atoms with van der Waals surface area (Å²) >= 11 is 0. The van der Waals surface area contributed by atoms with Gasteiger partial charge in [-0.05, 0) is 18.6 Å². The maximum Gasteiger partial charge on any atom is 0.332 e. The zero-order valence-electron chi connectivity index (χ0n) is 15.5. The predicted molar refractivity (Wildman–Crippen MR) is 104 cm³/mol. The topological polar surface area (TPSA) is 109 Å². The molecule has 28 heavy (non-hydrogen) atoms. The Labute approximate surface area is 158 Å². The minimum atomic E-state index is -0.422. The molecule has 4 aromatic rings. The maximum absolute atomic E-state index is 12.4. The molecular weight excluding hydrogens is 362 g/mol. The quantitative estimate of drug-likeness (QED) is 0.536. The summed E-state index contributed by atoms with van der Waals surface area (Å²) in [7, 11) is 3.01. The molecule has 4 rings (SSSR count). The Hall–Kier alpha value is -3.69. The summed E-state index contributed by atoms with van der Waals surface area (Å²) in [5.41, 5.74) is 4.29. The lowest BCUT2D eigenvalue weighted by Gasteiger charge is -2.08. The highest BCUT2D eigenvalue weighted by atomic mass is 16.2. The second-order valence-corrected chi connectivity index (χ2v) is 6.56. The molecule has 0 fully saturated rings. The number of nitrogens with zero attached hydrogens (tertiary/aromatic N) is 6. The fourth-order valence-corrected chi connectivity index (χ4v) is 3.21. The van der Waals surface area contributed by atoms with Crippen LogP contribution in [0.15, 0.2) is 46.5 Å². The van der Waals surface area contributed by atoms with E-state index in [1.165, 1.54) is 17.9 Å². The second kappa shape index (κ2) is 6.80. The van der Waals surface area contributed by atoms with Crippen molar-refractivity contribution in [2.45, 2.75) is 19.4 Å². The van der Waals surface area contributed by atoms with Gasteiger partial charge in [-0.25, -0.2) is 19.4 Å². The van der Waals surface area contributed by atoms with Gasteiger partial charge in [0.1, 0.15) is 6.33 Å². The Morgan fingerprint density at radius 3 is 2.68 bits per heavy atom. The minimum Gasteiger partial charge on any atom is -0.325 e. The summed E-state index contributed by atoms with van der Waals surface area (Å²) < 4.78 is 5.66. The largest absolute Gasteiger partial charge is 0.332 e. The van der Waals surface area contributed by atoms with Crippen molar-refractivity contribution in [2.24, 2.45) is 14.1 Å². The first-order chi connectivity index (χ1) is 13.5. The number of para-hydroxylation sites is 2. The van der Waals surface area contributed by atoms with Crippen LogP contribution in [0.4, 0.5) is 0 Å². The molecule has 10 nitrogen and oxygen atoms in total. The maximum atomic E-state index is 12.4. The number of fused-ring (bicyclic) bond motifs is 2. The molecule has 0 radical (unpaired) electrons. The van der Waals surface area contributed by atoms with Gasteiger partial charge in [-0.1, -0.05) is 12.1 Å². The third-order valence-electron chi connectivity index (χ3n) is 4.72. The number of aromatic nitrogens is 6. The van der Waals surface area contributed by atoms with Crippen molar-refractivity contribution in [2.75, 3.05) is 5.43 Å². The average molecular weight is 381 g/mol. The van der Waals surface area contributed by atoms with Gasteiger partial charge in [-0.2, -0.15) is 0 Å². The van der Waals surface area contributed by atoms with E-state index in [1.54, 1.807) is 22.6 Å². The minimum absolute atomic E-state index is 0.159. The highest BCUT2D eigenvalue weighted by Gasteiger charge is 2.14. The molecule has 1 amide bonds. The van der Waals surface area contributed by atoms with E-state index in [-0.39, 0.29) is 12.3 Å². The molecule has 0 unspecified atom stereocenters. The molecule has 1 N–H and O–H groups in total. The Bertz CT molecular complexity index is 1310. The molecule has 0 aliphatic carbocycles. The molecule has 3 heterocycles. The molecule has 0 aliphatic heterocycles. The van der Waals surface area contributed by atoms with Crippen molar-refractivity contribution < 1.29 is 4.79 Å². The van der Waals surface area contributed by atoms with E-state index in [0.29, 0.717) is 24.1 Å². The lowest BCUT2D eigenvalue weighted by atomic mass is 10.3. The number of imidazole rings is 2. The van der Waals surface area contributed by atoms with Crippen molar-refractivity contribution in [1.29, 1.82) is 0 Å². The smallest absolute Gasteiger partial charge is 0.325 e. The third-order valence-corrected chi connectivity index (χ3v) is 4.72. The number of carbonyl (C=O) groups is 1. The number of amides is 1. The molecule has 0 atom stereocenters. The molecular formula is C18H19N7O3. The van der Waals surface area contributed by atoms with Crippen LogP contribution in [0.1, 0.15) is 12.8 Å². The number of hydrogen-bond donors (Lipinski definition) is 1. The highest BCUT2D eigenvalue weighted by Crippen LogP contribution is 2.11. The molecule has 0 bridgehead atoms. The van der Waals surface area contributed by atoms with Gasteiger partial charge >= 0.3 is 5.69 Å². The van der Waals surface area contributed by atoms with Gasteiger partial charge < -0.3 is 4.57 Å². The second-order valence-electron chi connectivity index (χ2n) is 6.56. The van der Waals surface area contributed by atoms with E-state index in [0.717, 1.165) is 15.6 Å². The van der Waals surface area contributed by atoms with E-state index >= 15 is 0 Å². The summed E-state index contributed by atoms with van der Waals surface area (Å²) in [5, 5.41) is 0. The van der Waals surface area contributed by atoms with Gasteiger partial charge in [0.25, 0.3) is 5.56 Å². The van der Waals surface area contributed by atoms with E-state index in [1.807, 2.05) is 24.3 Å². The van der Waals surface area contributed by atoms with Crippen molar-refractivity contribution in [3.05, 3.63) is 57.8 Å². The van der Waals surface area contributed by atoms with Crippen LogP contribution in [0.2, 0.25) is 0 Å². The fraction of sp³-hybridized carbons (Fsp3) is 0.278. The standard InChI is InChI=1S/C18H19N7O3/c1-22-16-15(17(27)23(2)18(22)28)24(10-20-16)9-5-8-14(26)21-25-11-19-12-6-3-4-7-13(12)25/h3-4,6-7,10-11H,5,8-9H2,1-2H3,(H,21,26).